The number of carbonyl (C=O) groups excluding carboxylic acids is 1. The third-order valence-electron chi connectivity index (χ3n) is 4.32. The van der Waals surface area contributed by atoms with Crippen molar-refractivity contribution in [1.29, 1.82) is 0 Å². The second kappa shape index (κ2) is 16.8. The largest absolute Gasteiger partial charge is 0.481 e. The van der Waals surface area contributed by atoms with Crippen LogP contribution < -0.4 is 0 Å². The van der Waals surface area contributed by atoms with Gasteiger partial charge in [-0.1, -0.05) is 64.7 Å². The average Bonchev–Trinajstić information content (AvgIpc) is 2.52. The van der Waals surface area contributed by atoms with Crippen LogP contribution in [-0.4, -0.2) is 23.1 Å². The Morgan fingerprint density at radius 1 is 0.792 bits per heavy atom. The van der Waals surface area contributed by atoms with Gasteiger partial charge in [-0.15, -0.1) is 0 Å². The number of hydrogen-bond donors (Lipinski definition) is 1. The molecule has 0 fully saturated rings. The minimum atomic E-state index is -0.728. The predicted octanol–water partition coefficient (Wildman–Crippen LogP) is 5.87. The first-order valence-electron chi connectivity index (χ1n) is 9.97. The van der Waals surface area contributed by atoms with Crippen LogP contribution in [0.5, 0.6) is 0 Å². The lowest BCUT2D eigenvalue weighted by atomic mass is 10.1. The number of unbranched alkanes of at least 4 members (excludes halogenated alkanes) is 10. The molecule has 4 heteroatoms. The number of carboxylic acids is 1. The van der Waals surface area contributed by atoms with Gasteiger partial charge >= 0.3 is 11.9 Å². The molecule has 0 aliphatic carbocycles. The van der Waals surface area contributed by atoms with Crippen molar-refractivity contribution in [2.75, 3.05) is 0 Å². The normalized spacial score (nSPS) is 12.1. The van der Waals surface area contributed by atoms with Crippen LogP contribution in [0.15, 0.2) is 0 Å². The summed E-state index contributed by atoms with van der Waals surface area (Å²) in [7, 11) is 0. The third kappa shape index (κ3) is 17.3. The van der Waals surface area contributed by atoms with Crippen molar-refractivity contribution >= 4 is 11.9 Å². The Kier molecular flexibility index (Phi) is 16.0. The van der Waals surface area contributed by atoms with Crippen LogP contribution in [0.2, 0.25) is 0 Å². The monoisotopic (exact) mass is 342 g/mol. The van der Waals surface area contributed by atoms with E-state index in [1.165, 1.54) is 38.5 Å². The lowest BCUT2D eigenvalue weighted by molar-refractivity contribution is -0.148. The van der Waals surface area contributed by atoms with Gasteiger partial charge in [0.2, 0.25) is 0 Å². The first-order valence-corrected chi connectivity index (χ1v) is 9.97. The van der Waals surface area contributed by atoms with Gasteiger partial charge in [0.1, 0.15) is 0 Å². The Bertz CT molecular complexity index is 315. The van der Waals surface area contributed by atoms with Crippen LogP contribution in [-0.2, 0) is 14.3 Å². The number of esters is 1. The van der Waals surface area contributed by atoms with Gasteiger partial charge in [-0.3, -0.25) is 9.59 Å². The van der Waals surface area contributed by atoms with Crippen molar-refractivity contribution in [2.45, 2.75) is 116 Å². The number of carboxylic acid groups (broad SMARTS) is 1. The summed E-state index contributed by atoms with van der Waals surface area (Å²) in [5.41, 5.74) is 0. The molecule has 24 heavy (non-hydrogen) atoms. The Balaban J connectivity index is 3.38. The van der Waals surface area contributed by atoms with Crippen molar-refractivity contribution < 1.29 is 19.4 Å². The fourth-order valence-corrected chi connectivity index (χ4v) is 2.81. The summed E-state index contributed by atoms with van der Waals surface area (Å²) in [6.45, 7) is 4.22. The maximum atomic E-state index is 11.7. The summed E-state index contributed by atoms with van der Waals surface area (Å²) in [4.78, 5) is 22.1. The molecule has 0 aromatic heterocycles. The molecule has 4 nitrogen and oxygen atoms in total. The Labute approximate surface area is 148 Å². The molecule has 0 spiro atoms. The number of rotatable bonds is 17. The van der Waals surface area contributed by atoms with E-state index in [1.807, 2.05) is 6.92 Å². The second-order valence-corrected chi connectivity index (χ2v) is 6.87. The van der Waals surface area contributed by atoms with Gasteiger partial charge in [0.25, 0.3) is 0 Å². The first-order chi connectivity index (χ1) is 11.6. The van der Waals surface area contributed by atoms with Crippen molar-refractivity contribution in [3.8, 4) is 0 Å². The molecule has 142 valence electrons. The van der Waals surface area contributed by atoms with Gasteiger partial charge in [-0.25, -0.2) is 0 Å². The second-order valence-electron chi connectivity index (χ2n) is 6.87. The lowest BCUT2D eigenvalue weighted by Crippen LogP contribution is -2.14. The van der Waals surface area contributed by atoms with Crippen LogP contribution in [0.3, 0.4) is 0 Å². The molecule has 1 unspecified atom stereocenters. The Hall–Kier alpha value is -1.06. The number of aliphatic carboxylic acids is 1. The molecule has 0 aliphatic heterocycles. The Morgan fingerprint density at radius 2 is 1.29 bits per heavy atom. The highest BCUT2D eigenvalue weighted by atomic mass is 16.5. The van der Waals surface area contributed by atoms with E-state index >= 15 is 0 Å². The van der Waals surface area contributed by atoms with Gasteiger partial charge in [0.15, 0.2) is 0 Å². The summed E-state index contributed by atoms with van der Waals surface area (Å²) in [6.07, 6.45) is 15.2. The maximum Gasteiger partial charge on any atom is 0.306 e. The predicted molar refractivity (Wildman–Crippen MR) is 98.1 cm³/mol. The zero-order valence-corrected chi connectivity index (χ0v) is 15.9. The molecule has 1 N–H and O–H groups in total. The molecule has 0 saturated heterocycles. The van der Waals surface area contributed by atoms with Gasteiger partial charge < -0.3 is 9.84 Å². The van der Waals surface area contributed by atoms with Crippen LogP contribution in [0.4, 0.5) is 0 Å². The summed E-state index contributed by atoms with van der Waals surface area (Å²) < 4.78 is 5.44. The summed E-state index contributed by atoms with van der Waals surface area (Å²) in [5, 5.41) is 8.54. The minimum absolute atomic E-state index is 0.0312. The standard InChI is InChI=1S/C20H38O4/c1-3-4-5-6-7-9-12-15-18(2)24-20(23)17-14-11-8-10-13-16-19(21)22/h18H,3-17H2,1-2H3,(H,21,22). The molecule has 0 bridgehead atoms. The molecular weight excluding hydrogens is 304 g/mol. The zero-order chi connectivity index (χ0) is 18.0. The highest BCUT2D eigenvalue weighted by Gasteiger charge is 2.09. The molecule has 0 aromatic carbocycles. The molecule has 0 saturated carbocycles. The maximum absolute atomic E-state index is 11.7. The number of ether oxygens (including phenoxy) is 1. The molecular formula is C20H38O4. The van der Waals surface area contributed by atoms with Crippen LogP contribution in [0, 0.1) is 0 Å². The topological polar surface area (TPSA) is 63.6 Å². The van der Waals surface area contributed by atoms with Crippen LogP contribution in [0.1, 0.15) is 110 Å². The van der Waals surface area contributed by atoms with Gasteiger partial charge in [0, 0.05) is 12.8 Å². The lowest BCUT2D eigenvalue weighted by Gasteiger charge is -2.13. The van der Waals surface area contributed by atoms with E-state index in [4.69, 9.17) is 9.84 Å². The number of carbonyl (C=O) groups is 2. The van der Waals surface area contributed by atoms with E-state index in [2.05, 4.69) is 6.92 Å². The first kappa shape index (κ1) is 22.9. The molecule has 0 radical (unpaired) electrons. The van der Waals surface area contributed by atoms with Gasteiger partial charge in [-0.05, 0) is 32.6 Å². The van der Waals surface area contributed by atoms with Crippen molar-refractivity contribution in [2.24, 2.45) is 0 Å². The third-order valence-corrected chi connectivity index (χ3v) is 4.32. The van der Waals surface area contributed by atoms with Crippen LogP contribution >= 0.6 is 0 Å². The molecule has 0 rings (SSSR count). The van der Waals surface area contributed by atoms with E-state index < -0.39 is 5.97 Å². The van der Waals surface area contributed by atoms with E-state index in [0.29, 0.717) is 6.42 Å². The van der Waals surface area contributed by atoms with Crippen molar-refractivity contribution in [3.63, 3.8) is 0 Å². The van der Waals surface area contributed by atoms with E-state index in [9.17, 15) is 9.59 Å². The highest BCUT2D eigenvalue weighted by Crippen LogP contribution is 2.13. The molecule has 1 atom stereocenters. The van der Waals surface area contributed by atoms with Crippen molar-refractivity contribution in [3.05, 3.63) is 0 Å². The Morgan fingerprint density at radius 3 is 1.88 bits per heavy atom. The molecule has 0 amide bonds. The molecule has 0 aliphatic rings. The van der Waals surface area contributed by atoms with E-state index in [1.54, 1.807) is 0 Å². The fraction of sp³-hybridized carbons (Fsp3) is 0.900. The zero-order valence-electron chi connectivity index (χ0n) is 15.9. The number of hydrogen-bond acceptors (Lipinski definition) is 3. The summed E-state index contributed by atoms with van der Waals surface area (Å²) in [6, 6.07) is 0. The van der Waals surface area contributed by atoms with E-state index in [0.717, 1.165) is 44.9 Å². The van der Waals surface area contributed by atoms with Crippen LogP contribution in [0.25, 0.3) is 0 Å². The fourth-order valence-electron chi connectivity index (χ4n) is 2.81. The SMILES string of the molecule is CCCCCCCCCC(C)OC(=O)CCCCCCCC(=O)O. The molecule has 0 aromatic rings. The summed E-state index contributed by atoms with van der Waals surface area (Å²) >= 11 is 0. The smallest absolute Gasteiger partial charge is 0.306 e. The molecule has 0 heterocycles. The van der Waals surface area contributed by atoms with E-state index in [-0.39, 0.29) is 18.5 Å². The van der Waals surface area contributed by atoms with Gasteiger partial charge in [0.05, 0.1) is 6.10 Å². The average molecular weight is 343 g/mol. The summed E-state index contributed by atoms with van der Waals surface area (Å²) in [5.74, 6) is -0.815. The van der Waals surface area contributed by atoms with Crippen molar-refractivity contribution in [1.82, 2.24) is 0 Å². The quantitative estimate of drug-likeness (QED) is 0.265. The highest BCUT2D eigenvalue weighted by molar-refractivity contribution is 5.69. The van der Waals surface area contributed by atoms with Gasteiger partial charge in [-0.2, -0.15) is 0 Å². The minimum Gasteiger partial charge on any atom is -0.481 e.